The predicted octanol–water partition coefficient (Wildman–Crippen LogP) is 4.71. The maximum Gasteiger partial charge on any atom is 0.227 e. The van der Waals surface area contributed by atoms with Crippen LogP contribution in [-0.4, -0.2) is 29.7 Å². The van der Waals surface area contributed by atoms with Crippen LogP contribution in [0.25, 0.3) is 10.9 Å². The molecule has 1 saturated heterocycles. The van der Waals surface area contributed by atoms with Crippen molar-refractivity contribution in [2.24, 2.45) is 0 Å². The SMILES string of the molecule is Cc1ccc(Cn2c3c(c4ccccc42)C(C(=O)NCC2CCCO2)CCC3)cc1. The summed E-state index contributed by atoms with van der Waals surface area (Å²) in [5, 5.41) is 4.42. The molecule has 2 aromatic carbocycles. The lowest BCUT2D eigenvalue weighted by atomic mass is 9.84. The van der Waals surface area contributed by atoms with Gasteiger partial charge in [0.05, 0.1) is 12.0 Å². The van der Waals surface area contributed by atoms with Gasteiger partial charge in [0.25, 0.3) is 0 Å². The standard InChI is InChI=1S/C26H30N2O2/c1-18-11-13-19(14-12-18)17-28-23-9-3-2-7-21(23)25-22(8-4-10-24(25)28)26(29)27-16-20-6-5-15-30-20/h2-3,7,9,11-14,20,22H,4-6,8,10,15-17H2,1H3,(H,27,29). The molecule has 0 bridgehead atoms. The highest BCUT2D eigenvalue weighted by atomic mass is 16.5. The molecule has 0 radical (unpaired) electrons. The Hall–Kier alpha value is -2.59. The van der Waals surface area contributed by atoms with Gasteiger partial charge in [-0.3, -0.25) is 4.79 Å². The van der Waals surface area contributed by atoms with Gasteiger partial charge in [0.15, 0.2) is 0 Å². The van der Waals surface area contributed by atoms with E-state index < -0.39 is 0 Å². The number of para-hydroxylation sites is 1. The van der Waals surface area contributed by atoms with E-state index in [9.17, 15) is 4.79 Å². The van der Waals surface area contributed by atoms with Crippen LogP contribution in [0.15, 0.2) is 48.5 Å². The molecule has 0 spiro atoms. The summed E-state index contributed by atoms with van der Waals surface area (Å²) < 4.78 is 8.13. The summed E-state index contributed by atoms with van der Waals surface area (Å²) >= 11 is 0. The third-order valence-corrected chi connectivity index (χ3v) is 6.68. The topological polar surface area (TPSA) is 43.3 Å². The van der Waals surface area contributed by atoms with Gasteiger partial charge in [0.1, 0.15) is 0 Å². The van der Waals surface area contributed by atoms with Crippen molar-refractivity contribution in [3.05, 3.63) is 70.9 Å². The molecule has 2 heterocycles. The number of carbonyl (C=O) groups excluding carboxylic acids is 1. The number of ether oxygens (including phenoxy) is 1. The van der Waals surface area contributed by atoms with E-state index in [1.807, 2.05) is 0 Å². The Kier molecular flexibility index (Phi) is 5.34. The van der Waals surface area contributed by atoms with Gasteiger partial charge in [-0.05, 0) is 56.2 Å². The fourth-order valence-electron chi connectivity index (χ4n) is 5.12. The van der Waals surface area contributed by atoms with Crippen LogP contribution in [0.3, 0.4) is 0 Å². The molecule has 1 aromatic heterocycles. The highest BCUT2D eigenvalue weighted by Crippen LogP contribution is 2.39. The van der Waals surface area contributed by atoms with Crippen LogP contribution in [0.4, 0.5) is 0 Å². The second-order valence-corrected chi connectivity index (χ2v) is 8.77. The molecule has 1 fully saturated rings. The number of hydrogen-bond donors (Lipinski definition) is 1. The van der Waals surface area contributed by atoms with Crippen molar-refractivity contribution in [1.29, 1.82) is 0 Å². The van der Waals surface area contributed by atoms with Crippen molar-refractivity contribution in [3.63, 3.8) is 0 Å². The summed E-state index contributed by atoms with van der Waals surface area (Å²) in [5.74, 6) is 0.0870. The van der Waals surface area contributed by atoms with Gasteiger partial charge >= 0.3 is 0 Å². The molecular weight excluding hydrogens is 372 g/mol. The number of aryl methyl sites for hydroxylation is 1. The number of amides is 1. The normalized spacial score (nSPS) is 21.0. The minimum atomic E-state index is -0.0701. The number of aromatic nitrogens is 1. The third kappa shape index (κ3) is 3.65. The fraction of sp³-hybridized carbons (Fsp3) is 0.423. The van der Waals surface area contributed by atoms with Gasteiger partial charge in [-0.2, -0.15) is 0 Å². The molecule has 2 unspecified atom stereocenters. The number of benzene rings is 2. The first-order chi connectivity index (χ1) is 14.7. The Morgan fingerprint density at radius 2 is 1.93 bits per heavy atom. The molecule has 4 nitrogen and oxygen atoms in total. The zero-order chi connectivity index (χ0) is 20.5. The lowest BCUT2D eigenvalue weighted by molar-refractivity contribution is -0.123. The average molecular weight is 403 g/mol. The van der Waals surface area contributed by atoms with Crippen molar-refractivity contribution in [1.82, 2.24) is 9.88 Å². The number of rotatable bonds is 5. The summed E-state index contributed by atoms with van der Waals surface area (Å²) in [4.78, 5) is 13.2. The summed E-state index contributed by atoms with van der Waals surface area (Å²) in [6.45, 7) is 4.42. The molecule has 1 aliphatic heterocycles. The maximum absolute atomic E-state index is 13.2. The van der Waals surface area contributed by atoms with E-state index >= 15 is 0 Å². The lowest BCUT2D eigenvalue weighted by Gasteiger charge is -2.24. The smallest absolute Gasteiger partial charge is 0.227 e. The molecule has 2 aliphatic rings. The minimum absolute atomic E-state index is 0.0701. The van der Waals surface area contributed by atoms with E-state index in [4.69, 9.17) is 4.74 Å². The third-order valence-electron chi connectivity index (χ3n) is 6.68. The van der Waals surface area contributed by atoms with Gasteiger partial charge in [-0.1, -0.05) is 48.0 Å². The van der Waals surface area contributed by atoms with Crippen molar-refractivity contribution in [3.8, 4) is 0 Å². The number of carbonyl (C=O) groups is 1. The highest BCUT2D eigenvalue weighted by Gasteiger charge is 2.32. The largest absolute Gasteiger partial charge is 0.376 e. The first-order valence-corrected chi connectivity index (χ1v) is 11.3. The maximum atomic E-state index is 13.2. The number of nitrogens with one attached hydrogen (secondary N) is 1. The molecule has 5 rings (SSSR count). The van der Waals surface area contributed by atoms with E-state index in [-0.39, 0.29) is 17.9 Å². The first kappa shape index (κ1) is 19.4. The molecule has 1 amide bonds. The zero-order valence-electron chi connectivity index (χ0n) is 17.7. The minimum Gasteiger partial charge on any atom is -0.376 e. The van der Waals surface area contributed by atoms with E-state index in [0.29, 0.717) is 6.54 Å². The van der Waals surface area contributed by atoms with Gasteiger partial charge < -0.3 is 14.6 Å². The molecule has 3 aromatic rings. The van der Waals surface area contributed by atoms with Crippen LogP contribution in [0.5, 0.6) is 0 Å². The van der Waals surface area contributed by atoms with Crippen LogP contribution < -0.4 is 5.32 Å². The van der Waals surface area contributed by atoms with Crippen LogP contribution in [0.2, 0.25) is 0 Å². The molecule has 4 heteroatoms. The summed E-state index contributed by atoms with van der Waals surface area (Å²) in [7, 11) is 0. The molecule has 1 aliphatic carbocycles. The van der Waals surface area contributed by atoms with E-state index in [1.54, 1.807) is 0 Å². The number of fused-ring (bicyclic) bond motifs is 3. The number of hydrogen-bond acceptors (Lipinski definition) is 2. The quantitative estimate of drug-likeness (QED) is 0.671. The van der Waals surface area contributed by atoms with E-state index in [1.165, 1.54) is 33.3 Å². The second-order valence-electron chi connectivity index (χ2n) is 8.77. The fourth-order valence-corrected chi connectivity index (χ4v) is 5.12. The van der Waals surface area contributed by atoms with Gasteiger partial charge in [-0.25, -0.2) is 0 Å². The monoisotopic (exact) mass is 402 g/mol. The zero-order valence-corrected chi connectivity index (χ0v) is 17.7. The van der Waals surface area contributed by atoms with E-state index in [0.717, 1.165) is 45.3 Å². The molecule has 1 N–H and O–H groups in total. The van der Waals surface area contributed by atoms with Crippen LogP contribution in [0, 0.1) is 6.92 Å². The van der Waals surface area contributed by atoms with Crippen LogP contribution >= 0.6 is 0 Å². The van der Waals surface area contributed by atoms with Crippen molar-refractivity contribution in [2.45, 2.75) is 57.6 Å². The summed E-state index contributed by atoms with van der Waals surface area (Å²) in [6.07, 6.45) is 5.33. The van der Waals surface area contributed by atoms with Crippen LogP contribution in [-0.2, 0) is 22.5 Å². The van der Waals surface area contributed by atoms with Gasteiger partial charge in [-0.15, -0.1) is 0 Å². The number of nitrogens with zero attached hydrogens (tertiary/aromatic N) is 1. The highest BCUT2D eigenvalue weighted by molar-refractivity contribution is 5.94. The van der Waals surface area contributed by atoms with Crippen LogP contribution in [0.1, 0.15) is 54.0 Å². The van der Waals surface area contributed by atoms with Gasteiger partial charge in [0, 0.05) is 36.3 Å². The Morgan fingerprint density at radius 1 is 1.10 bits per heavy atom. The molecule has 30 heavy (non-hydrogen) atoms. The van der Waals surface area contributed by atoms with Crippen molar-refractivity contribution < 1.29 is 9.53 Å². The Labute approximate surface area is 178 Å². The van der Waals surface area contributed by atoms with Crippen molar-refractivity contribution >= 4 is 16.8 Å². The summed E-state index contributed by atoms with van der Waals surface area (Å²) in [6, 6.07) is 17.4. The van der Waals surface area contributed by atoms with E-state index in [2.05, 4.69) is 65.3 Å². The summed E-state index contributed by atoms with van der Waals surface area (Å²) in [5.41, 5.74) is 6.39. The lowest BCUT2D eigenvalue weighted by Crippen LogP contribution is -2.36. The molecule has 2 atom stereocenters. The Balaban J connectivity index is 1.48. The predicted molar refractivity (Wildman–Crippen MR) is 120 cm³/mol. The van der Waals surface area contributed by atoms with Gasteiger partial charge in [0.2, 0.25) is 5.91 Å². The van der Waals surface area contributed by atoms with Crippen molar-refractivity contribution in [2.75, 3.05) is 13.2 Å². The molecule has 0 saturated carbocycles. The Bertz CT molecular complexity index is 1040. The molecular formula is C26H30N2O2. The second kappa shape index (κ2) is 8.27. The average Bonchev–Trinajstić information content (AvgIpc) is 3.40. The first-order valence-electron chi connectivity index (χ1n) is 11.3. The Morgan fingerprint density at radius 3 is 2.73 bits per heavy atom. The molecule has 156 valence electrons.